The minimum atomic E-state index is -0.276. The van der Waals surface area contributed by atoms with Gasteiger partial charge in [0.05, 0.1) is 21.4 Å². The third kappa shape index (κ3) is 7.61. The van der Waals surface area contributed by atoms with Crippen molar-refractivity contribution in [2.24, 2.45) is 0 Å². The minimum absolute atomic E-state index is 0.0318. The fourth-order valence-electron chi connectivity index (χ4n) is 4.12. The van der Waals surface area contributed by atoms with Crippen molar-refractivity contribution >= 4 is 41.0 Å². The van der Waals surface area contributed by atoms with E-state index in [0.717, 1.165) is 44.2 Å². The molecular weight excluding hydrogens is 485 g/mol. The number of aromatic nitrogens is 2. The largest absolute Gasteiger partial charge is 0.335 e. The van der Waals surface area contributed by atoms with Gasteiger partial charge in [0.2, 0.25) is 5.91 Å². The van der Waals surface area contributed by atoms with Gasteiger partial charge in [-0.3, -0.25) is 4.79 Å². The highest BCUT2D eigenvalue weighted by atomic mass is 35.5. The highest BCUT2D eigenvalue weighted by Gasteiger charge is 2.24. The Labute approximate surface area is 218 Å². The lowest BCUT2D eigenvalue weighted by Gasteiger charge is -2.28. The molecule has 0 atom stereocenters. The number of hydrogen-bond acceptors (Lipinski definition) is 3. The number of amides is 3. The monoisotopic (exact) mass is 521 g/mol. The predicted octanol–water partition coefficient (Wildman–Crippen LogP) is 6.56. The zero-order valence-corrected chi connectivity index (χ0v) is 22.7. The summed E-state index contributed by atoms with van der Waals surface area (Å²) < 4.78 is 1.65. The number of hydrogen-bond donors (Lipinski definition) is 2. The Bertz CT molecular complexity index is 1030. The molecule has 7 nitrogen and oxygen atoms in total. The van der Waals surface area contributed by atoms with Crippen LogP contribution in [0.15, 0.2) is 24.3 Å². The topological polar surface area (TPSA) is 79.3 Å². The van der Waals surface area contributed by atoms with Crippen molar-refractivity contribution in [2.45, 2.75) is 84.1 Å². The lowest BCUT2D eigenvalue weighted by molar-refractivity contribution is -0.116. The number of carbonyl (C=O) groups is 2. The molecule has 1 aromatic carbocycles. The maximum absolute atomic E-state index is 13.1. The third-order valence-electron chi connectivity index (χ3n) is 6.23. The number of anilines is 1. The van der Waals surface area contributed by atoms with Crippen molar-refractivity contribution < 1.29 is 9.59 Å². The molecule has 3 rings (SSSR count). The van der Waals surface area contributed by atoms with Crippen molar-refractivity contribution in [3.05, 3.63) is 40.0 Å². The quantitative estimate of drug-likeness (QED) is 0.412. The van der Waals surface area contributed by atoms with Crippen LogP contribution in [0.4, 0.5) is 10.6 Å². The van der Waals surface area contributed by atoms with E-state index in [1.165, 1.54) is 6.42 Å². The van der Waals surface area contributed by atoms with Gasteiger partial charge in [-0.2, -0.15) is 5.10 Å². The summed E-state index contributed by atoms with van der Waals surface area (Å²) in [5.74, 6) is 0.239. The Morgan fingerprint density at radius 3 is 2.46 bits per heavy atom. The van der Waals surface area contributed by atoms with E-state index in [2.05, 4.69) is 38.3 Å². The summed E-state index contributed by atoms with van der Waals surface area (Å²) in [5.41, 5.74) is 1.27. The van der Waals surface area contributed by atoms with Gasteiger partial charge in [-0.25, -0.2) is 9.48 Å². The third-order valence-corrected chi connectivity index (χ3v) is 6.97. The molecule has 1 heterocycles. The van der Waals surface area contributed by atoms with Crippen LogP contribution >= 0.6 is 23.2 Å². The number of urea groups is 1. The molecule has 1 aromatic heterocycles. The molecule has 1 aliphatic rings. The van der Waals surface area contributed by atoms with Gasteiger partial charge in [-0.15, -0.1) is 0 Å². The second-order valence-electron chi connectivity index (χ2n) is 10.3. The molecule has 1 fully saturated rings. The van der Waals surface area contributed by atoms with Crippen LogP contribution in [0.25, 0.3) is 5.69 Å². The molecule has 0 bridgehead atoms. The first-order chi connectivity index (χ1) is 16.6. The highest BCUT2D eigenvalue weighted by Crippen LogP contribution is 2.29. The smallest absolute Gasteiger partial charge is 0.318 e. The van der Waals surface area contributed by atoms with Crippen LogP contribution in [-0.4, -0.2) is 45.8 Å². The van der Waals surface area contributed by atoms with Crippen molar-refractivity contribution in [1.29, 1.82) is 0 Å². The maximum atomic E-state index is 13.1. The molecule has 192 valence electrons. The van der Waals surface area contributed by atoms with Crippen LogP contribution in [-0.2, 0) is 10.2 Å². The van der Waals surface area contributed by atoms with Gasteiger partial charge in [-0.1, -0.05) is 76.6 Å². The summed E-state index contributed by atoms with van der Waals surface area (Å²) in [6.45, 7) is 8.74. The predicted molar refractivity (Wildman–Crippen MR) is 143 cm³/mol. The summed E-state index contributed by atoms with van der Waals surface area (Å²) in [4.78, 5) is 27.7. The first kappa shape index (κ1) is 27.3. The van der Waals surface area contributed by atoms with Crippen LogP contribution in [0.3, 0.4) is 0 Å². The summed E-state index contributed by atoms with van der Waals surface area (Å²) in [5, 5.41) is 11.7. The van der Waals surface area contributed by atoms with Crippen molar-refractivity contribution in [3.8, 4) is 5.69 Å². The number of nitrogens with one attached hydrogen (secondary N) is 2. The fourth-order valence-corrected chi connectivity index (χ4v) is 4.41. The molecule has 2 N–H and O–H groups in total. The number of carbonyl (C=O) groups excluding carboxylic acids is 2. The van der Waals surface area contributed by atoms with E-state index in [-0.39, 0.29) is 29.9 Å². The number of unbranched alkanes of at least 4 members (excludes halogenated alkanes) is 1. The zero-order chi connectivity index (χ0) is 25.6. The summed E-state index contributed by atoms with van der Waals surface area (Å²) in [7, 11) is 0. The van der Waals surface area contributed by atoms with E-state index in [4.69, 9.17) is 28.3 Å². The van der Waals surface area contributed by atoms with E-state index in [1.54, 1.807) is 27.8 Å². The van der Waals surface area contributed by atoms with Gasteiger partial charge < -0.3 is 15.5 Å². The molecule has 1 aliphatic carbocycles. The first-order valence-corrected chi connectivity index (χ1v) is 13.3. The lowest BCUT2D eigenvalue weighted by atomic mass is 9.92. The molecule has 0 unspecified atom stereocenters. The van der Waals surface area contributed by atoms with Gasteiger partial charge in [0, 0.05) is 24.1 Å². The van der Waals surface area contributed by atoms with Crippen LogP contribution in [0.1, 0.15) is 78.3 Å². The molecule has 0 aliphatic heterocycles. The average Bonchev–Trinajstić information content (AvgIpc) is 3.23. The van der Waals surface area contributed by atoms with Crippen molar-refractivity contribution in [3.63, 3.8) is 0 Å². The Hall–Kier alpha value is -2.25. The van der Waals surface area contributed by atoms with Crippen LogP contribution in [0.5, 0.6) is 0 Å². The van der Waals surface area contributed by atoms with E-state index in [9.17, 15) is 9.59 Å². The minimum Gasteiger partial charge on any atom is -0.335 e. The Morgan fingerprint density at radius 1 is 1.11 bits per heavy atom. The highest BCUT2D eigenvalue weighted by molar-refractivity contribution is 6.42. The van der Waals surface area contributed by atoms with Gasteiger partial charge in [0.25, 0.3) is 0 Å². The van der Waals surface area contributed by atoms with Crippen LogP contribution in [0.2, 0.25) is 10.0 Å². The summed E-state index contributed by atoms with van der Waals surface area (Å²) >= 11 is 12.3. The molecule has 9 heteroatoms. The van der Waals surface area contributed by atoms with E-state index < -0.39 is 0 Å². The second kappa shape index (κ2) is 12.1. The Kier molecular flexibility index (Phi) is 9.47. The van der Waals surface area contributed by atoms with Crippen LogP contribution in [0, 0.1) is 0 Å². The van der Waals surface area contributed by atoms with Gasteiger partial charge in [-0.05, 0) is 37.5 Å². The van der Waals surface area contributed by atoms with Gasteiger partial charge in [0.15, 0.2) is 0 Å². The second-order valence-corrected chi connectivity index (χ2v) is 11.1. The molecule has 2 aromatic rings. The standard InChI is InChI=1S/C26H37Cl2N5O2/c1-5-6-14-32(25(35)29-18-10-8-7-9-11-18)17-24(34)30-23-16-22(26(2,3)4)31-33(23)19-12-13-20(27)21(28)15-19/h12-13,15-16,18H,5-11,14,17H2,1-4H3,(H,29,35)(H,30,34). The fraction of sp³-hybridized carbons (Fsp3) is 0.577. The SMILES string of the molecule is CCCCN(CC(=O)Nc1cc(C(C)(C)C)nn1-c1ccc(Cl)c(Cl)c1)C(=O)NC1CCCCC1. The number of rotatable bonds is 8. The van der Waals surface area contributed by atoms with Crippen LogP contribution < -0.4 is 10.6 Å². The molecule has 3 amide bonds. The first-order valence-electron chi connectivity index (χ1n) is 12.5. The summed E-state index contributed by atoms with van der Waals surface area (Å²) in [6, 6.07) is 7.09. The molecular formula is C26H37Cl2N5O2. The van der Waals surface area contributed by atoms with E-state index in [0.29, 0.717) is 28.1 Å². The summed E-state index contributed by atoms with van der Waals surface area (Å²) in [6.07, 6.45) is 7.26. The molecule has 0 radical (unpaired) electrons. The molecule has 0 spiro atoms. The Balaban J connectivity index is 1.78. The zero-order valence-electron chi connectivity index (χ0n) is 21.2. The maximum Gasteiger partial charge on any atom is 0.318 e. The lowest BCUT2D eigenvalue weighted by Crippen LogP contribution is -2.48. The van der Waals surface area contributed by atoms with Crippen molar-refractivity contribution in [2.75, 3.05) is 18.4 Å². The number of halogens is 2. The van der Waals surface area contributed by atoms with E-state index in [1.807, 2.05) is 6.07 Å². The van der Waals surface area contributed by atoms with E-state index >= 15 is 0 Å². The molecule has 35 heavy (non-hydrogen) atoms. The average molecular weight is 523 g/mol. The van der Waals surface area contributed by atoms with Crippen molar-refractivity contribution in [1.82, 2.24) is 20.0 Å². The van der Waals surface area contributed by atoms with Gasteiger partial charge in [0.1, 0.15) is 12.4 Å². The number of nitrogens with zero attached hydrogens (tertiary/aromatic N) is 3. The molecule has 1 saturated carbocycles. The normalized spacial score (nSPS) is 14.6. The van der Waals surface area contributed by atoms with Gasteiger partial charge >= 0.3 is 6.03 Å². The Morgan fingerprint density at radius 2 is 1.83 bits per heavy atom. The molecule has 0 saturated heterocycles. The number of benzene rings is 1.